The molecule has 118 valence electrons. The number of non-ortho nitro benzene ring substituents is 1. The highest BCUT2D eigenvalue weighted by atomic mass is 79.9. The predicted octanol–water partition coefficient (Wildman–Crippen LogP) is 3.83. The zero-order chi connectivity index (χ0) is 16.6. The fraction of sp³-hybridized carbons (Fsp3) is 0.200. The molecule has 0 fully saturated rings. The highest BCUT2D eigenvalue weighted by molar-refractivity contribution is 9.10. The second kappa shape index (κ2) is 5.96. The number of halogens is 1. The largest absolute Gasteiger partial charge is 0.361 e. The van der Waals surface area contributed by atoms with E-state index in [2.05, 4.69) is 15.9 Å². The Kier molecular flexibility index (Phi) is 3.99. The number of hydrogen-bond acceptors (Lipinski definition) is 5. The number of nitro benzene ring substituents is 2. The number of hydrogen-bond donors (Lipinski definition) is 0. The Morgan fingerprint density at radius 1 is 1.00 bits per heavy atom. The van der Waals surface area contributed by atoms with Gasteiger partial charge in [-0.1, -0.05) is 22.0 Å². The Bertz CT molecular complexity index is 809. The zero-order valence-electron chi connectivity index (χ0n) is 11.9. The molecule has 0 unspecified atom stereocenters. The lowest BCUT2D eigenvalue weighted by atomic mass is 9.98. The lowest BCUT2D eigenvalue weighted by Crippen LogP contribution is -2.30. The summed E-state index contributed by atoms with van der Waals surface area (Å²) in [4.78, 5) is 23.2. The van der Waals surface area contributed by atoms with Crippen LogP contribution in [0.3, 0.4) is 0 Å². The Labute approximate surface area is 140 Å². The van der Waals surface area contributed by atoms with Crippen LogP contribution in [0.5, 0.6) is 0 Å². The smallest absolute Gasteiger partial charge is 0.292 e. The van der Waals surface area contributed by atoms with Crippen LogP contribution in [0.1, 0.15) is 11.1 Å². The van der Waals surface area contributed by atoms with Gasteiger partial charge in [0.1, 0.15) is 5.69 Å². The molecule has 3 rings (SSSR count). The Balaban J connectivity index is 1.99. The quantitative estimate of drug-likeness (QED) is 0.598. The van der Waals surface area contributed by atoms with Gasteiger partial charge in [0.25, 0.3) is 11.4 Å². The van der Waals surface area contributed by atoms with Crippen molar-refractivity contribution in [2.24, 2.45) is 0 Å². The molecule has 8 heteroatoms. The topological polar surface area (TPSA) is 89.5 Å². The van der Waals surface area contributed by atoms with Crippen LogP contribution < -0.4 is 4.90 Å². The van der Waals surface area contributed by atoms with Gasteiger partial charge in [0.05, 0.1) is 9.85 Å². The van der Waals surface area contributed by atoms with Crippen molar-refractivity contribution in [3.05, 3.63) is 72.2 Å². The monoisotopic (exact) mass is 377 g/mol. The summed E-state index contributed by atoms with van der Waals surface area (Å²) >= 11 is 3.34. The molecule has 1 aliphatic heterocycles. The average Bonchev–Trinajstić information content (AvgIpc) is 2.53. The van der Waals surface area contributed by atoms with Gasteiger partial charge in [-0.05, 0) is 29.7 Å². The third-order valence-corrected chi connectivity index (χ3v) is 4.38. The summed E-state index contributed by atoms with van der Waals surface area (Å²) < 4.78 is 0.753. The molecule has 0 N–H and O–H groups in total. The van der Waals surface area contributed by atoms with Gasteiger partial charge in [-0.3, -0.25) is 20.2 Å². The van der Waals surface area contributed by atoms with E-state index in [1.807, 2.05) is 4.90 Å². The van der Waals surface area contributed by atoms with Crippen molar-refractivity contribution in [3.63, 3.8) is 0 Å². The number of nitrogens with zero attached hydrogens (tertiary/aromatic N) is 3. The summed E-state index contributed by atoms with van der Waals surface area (Å²) in [6.07, 6.45) is 0.691. The summed E-state index contributed by atoms with van der Waals surface area (Å²) in [7, 11) is 0. The van der Waals surface area contributed by atoms with Gasteiger partial charge in [-0.25, -0.2) is 0 Å². The van der Waals surface area contributed by atoms with Crippen LogP contribution in [0.25, 0.3) is 0 Å². The van der Waals surface area contributed by atoms with Crippen molar-refractivity contribution in [1.82, 2.24) is 0 Å². The molecule has 0 atom stereocenters. The lowest BCUT2D eigenvalue weighted by molar-refractivity contribution is -0.384. The molecular weight excluding hydrogens is 366 g/mol. The molecule has 0 radical (unpaired) electrons. The number of fused-ring (bicyclic) bond motifs is 1. The van der Waals surface area contributed by atoms with Gasteiger partial charge >= 0.3 is 0 Å². The van der Waals surface area contributed by atoms with E-state index in [4.69, 9.17) is 0 Å². The number of rotatable bonds is 3. The maximum atomic E-state index is 11.2. The van der Waals surface area contributed by atoms with E-state index < -0.39 is 9.85 Å². The van der Waals surface area contributed by atoms with E-state index in [0.29, 0.717) is 25.2 Å². The summed E-state index contributed by atoms with van der Waals surface area (Å²) in [5.41, 5.74) is 2.46. The van der Waals surface area contributed by atoms with Crippen LogP contribution in [-0.4, -0.2) is 16.4 Å². The second-order valence-corrected chi connectivity index (χ2v) is 6.19. The number of benzene rings is 2. The van der Waals surface area contributed by atoms with E-state index in [1.54, 1.807) is 24.3 Å². The van der Waals surface area contributed by atoms with Gasteiger partial charge in [-0.2, -0.15) is 0 Å². The van der Waals surface area contributed by atoms with E-state index in [0.717, 1.165) is 15.6 Å². The molecule has 0 spiro atoms. The second-order valence-electron chi connectivity index (χ2n) is 5.27. The van der Waals surface area contributed by atoms with Crippen molar-refractivity contribution in [3.8, 4) is 0 Å². The molecular formula is C15H12BrN3O4. The summed E-state index contributed by atoms with van der Waals surface area (Å²) in [5.74, 6) is 0. The van der Waals surface area contributed by atoms with Crippen LogP contribution in [0.2, 0.25) is 0 Å². The van der Waals surface area contributed by atoms with Gasteiger partial charge in [0.2, 0.25) is 0 Å². The van der Waals surface area contributed by atoms with Crippen LogP contribution >= 0.6 is 15.9 Å². The van der Waals surface area contributed by atoms with Crippen LogP contribution in [0, 0.1) is 20.2 Å². The Morgan fingerprint density at radius 3 is 2.48 bits per heavy atom. The summed E-state index contributed by atoms with van der Waals surface area (Å²) in [6.45, 7) is 1.04. The van der Waals surface area contributed by atoms with Gasteiger partial charge in [0, 0.05) is 35.8 Å². The minimum absolute atomic E-state index is 0.0297. The molecule has 1 aliphatic rings. The molecule has 0 saturated carbocycles. The highest BCUT2D eigenvalue weighted by Crippen LogP contribution is 2.35. The SMILES string of the molecule is O=[N+]([O-])c1ccc2c(c1)CN(c1cc(Br)ccc1[N+](=O)[O-])CC2. The Hall–Kier alpha value is -2.48. The number of nitro groups is 2. The van der Waals surface area contributed by atoms with Crippen LogP contribution in [0.15, 0.2) is 40.9 Å². The molecule has 0 saturated heterocycles. The van der Waals surface area contributed by atoms with E-state index in [9.17, 15) is 20.2 Å². The van der Waals surface area contributed by atoms with Crippen LogP contribution in [0.4, 0.5) is 17.1 Å². The first kappa shape index (κ1) is 15.4. The fourth-order valence-corrected chi connectivity index (χ4v) is 3.12. The third-order valence-electron chi connectivity index (χ3n) is 3.89. The Morgan fingerprint density at radius 2 is 1.78 bits per heavy atom. The molecule has 0 aromatic heterocycles. The molecule has 1 heterocycles. The molecule has 2 aromatic carbocycles. The molecule has 0 amide bonds. The van der Waals surface area contributed by atoms with E-state index >= 15 is 0 Å². The van der Waals surface area contributed by atoms with E-state index in [-0.39, 0.29) is 11.4 Å². The first-order valence-corrected chi connectivity index (χ1v) is 7.70. The highest BCUT2D eigenvalue weighted by Gasteiger charge is 2.24. The van der Waals surface area contributed by atoms with E-state index in [1.165, 1.54) is 12.1 Å². The van der Waals surface area contributed by atoms with Gasteiger partial charge < -0.3 is 4.90 Å². The predicted molar refractivity (Wildman–Crippen MR) is 88.6 cm³/mol. The first-order chi connectivity index (χ1) is 11.0. The van der Waals surface area contributed by atoms with Crippen molar-refractivity contribution < 1.29 is 9.85 Å². The summed E-state index contributed by atoms with van der Waals surface area (Å²) in [6, 6.07) is 9.61. The normalized spacial score (nSPS) is 13.5. The first-order valence-electron chi connectivity index (χ1n) is 6.91. The average molecular weight is 378 g/mol. The third kappa shape index (κ3) is 3.02. The molecule has 0 aliphatic carbocycles. The lowest BCUT2D eigenvalue weighted by Gasteiger charge is -2.30. The zero-order valence-corrected chi connectivity index (χ0v) is 13.5. The minimum atomic E-state index is -0.430. The minimum Gasteiger partial charge on any atom is -0.361 e. The van der Waals surface area contributed by atoms with Crippen molar-refractivity contribution in [2.45, 2.75) is 13.0 Å². The molecule has 0 bridgehead atoms. The fourth-order valence-electron chi connectivity index (χ4n) is 2.77. The van der Waals surface area contributed by atoms with Gasteiger partial charge in [0.15, 0.2) is 0 Å². The maximum absolute atomic E-state index is 11.2. The molecule has 2 aromatic rings. The maximum Gasteiger partial charge on any atom is 0.292 e. The van der Waals surface area contributed by atoms with Crippen molar-refractivity contribution in [1.29, 1.82) is 0 Å². The molecule has 23 heavy (non-hydrogen) atoms. The molecule has 7 nitrogen and oxygen atoms in total. The summed E-state index contributed by atoms with van der Waals surface area (Å²) in [5, 5.41) is 22.2. The van der Waals surface area contributed by atoms with Crippen molar-refractivity contribution >= 4 is 33.0 Å². The van der Waals surface area contributed by atoms with Gasteiger partial charge in [-0.15, -0.1) is 0 Å². The van der Waals surface area contributed by atoms with Crippen molar-refractivity contribution in [2.75, 3.05) is 11.4 Å². The van der Waals surface area contributed by atoms with Crippen LogP contribution in [-0.2, 0) is 13.0 Å². The number of anilines is 1. The standard InChI is InChI=1S/C15H12BrN3O4/c16-12-2-4-14(19(22)23)15(8-12)17-6-5-10-1-3-13(18(20)21)7-11(10)9-17/h1-4,7-8H,5-6,9H2.